The Morgan fingerprint density at radius 3 is 2.35 bits per heavy atom. The molecule has 1 aromatic carbocycles. The van der Waals surface area contributed by atoms with Crippen LogP contribution >= 0.6 is 0 Å². The highest BCUT2D eigenvalue weighted by Gasteiger charge is 2.14. The molecule has 1 aromatic rings. The van der Waals surface area contributed by atoms with E-state index in [-0.39, 0.29) is 5.91 Å². The molecule has 4 heteroatoms. The standard InChI is InChI=1S/C15H17N3O.2C2H6/c1-18(2)15(19)12-3-4-14(13(9-12)10-16)11-5-7-17-8-6-11;2*1-2/h3-5,9,17H,6-8H2,1-2H3;2*1-2H3. The highest BCUT2D eigenvalue weighted by molar-refractivity contribution is 5.95. The van der Waals surface area contributed by atoms with E-state index >= 15 is 0 Å². The Bertz CT molecular complexity index is 568. The summed E-state index contributed by atoms with van der Waals surface area (Å²) >= 11 is 0. The normalized spacial score (nSPS) is 12.5. The fourth-order valence-electron chi connectivity index (χ4n) is 2.18. The molecule has 0 atom stereocenters. The van der Waals surface area contributed by atoms with Gasteiger partial charge in [0.05, 0.1) is 11.6 Å². The quantitative estimate of drug-likeness (QED) is 0.905. The van der Waals surface area contributed by atoms with E-state index < -0.39 is 0 Å². The van der Waals surface area contributed by atoms with Gasteiger partial charge in [0.1, 0.15) is 0 Å². The van der Waals surface area contributed by atoms with Crippen molar-refractivity contribution in [3.63, 3.8) is 0 Å². The molecule has 2 rings (SSSR count). The summed E-state index contributed by atoms with van der Waals surface area (Å²) in [7, 11) is 3.41. The van der Waals surface area contributed by atoms with E-state index in [0.717, 1.165) is 25.1 Å². The molecule has 0 aromatic heterocycles. The number of nitrogens with one attached hydrogen (secondary N) is 1. The number of carbonyl (C=O) groups excluding carboxylic acids is 1. The second kappa shape index (κ2) is 11.4. The number of hydrogen-bond donors (Lipinski definition) is 1. The van der Waals surface area contributed by atoms with Gasteiger partial charge in [0.2, 0.25) is 0 Å². The van der Waals surface area contributed by atoms with Crippen molar-refractivity contribution in [2.75, 3.05) is 27.2 Å². The Labute approximate surface area is 140 Å². The number of benzene rings is 1. The summed E-state index contributed by atoms with van der Waals surface area (Å²) in [6.07, 6.45) is 3.02. The molecule has 0 saturated carbocycles. The van der Waals surface area contributed by atoms with Crippen molar-refractivity contribution in [1.29, 1.82) is 5.26 Å². The van der Waals surface area contributed by atoms with Crippen LogP contribution in [0.3, 0.4) is 0 Å². The van der Waals surface area contributed by atoms with E-state index in [9.17, 15) is 10.1 Å². The zero-order valence-corrected chi connectivity index (χ0v) is 15.2. The van der Waals surface area contributed by atoms with Crippen LogP contribution in [0.15, 0.2) is 24.3 Å². The molecule has 1 aliphatic heterocycles. The molecule has 126 valence electrons. The third kappa shape index (κ3) is 5.88. The van der Waals surface area contributed by atoms with Crippen molar-refractivity contribution in [2.24, 2.45) is 0 Å². The van der Waals surface area contributed by atoms with Gasteiger partial charge in [0.15, 0.2) is 0 Å². The average Bonchev–Trinajstić information content (AvgIpc) is 2.64. The van der Waals surface area contributed by atoms with Crippen molar-refractivity contribution in [3.05, 3.63) is 41.0 Å². The molecule has 1 aliphatic rings. The highest BCUT2D eigenvalue weighted by atomic mass is 16.2. The van der Waals surface area contributed by atoms with Crippen molar-refractivity contribution in [1.82, 2.24) is 10.2 Å². The molecule has 4 nitrogen and oxygen atoms in total. The number of amides is 1. The third-order valence-corrected chi connectivity index (χ3v) is 3.20. The number of nitriles is 1. The van der Waals surface area contributed by atoms with E-state index in [1.807, 2.05) is 33.8 Å². The topological polar surface area (TPSA) is 56.1 Å². The van der Waals surface area contributed by atoms with Crippen molar-refractivity contribution in [2.45, 2.75) is 34.1 Å². The van der Waals surface area contributed by atoms with Crippen LogP contribution < -0.4 is 5.32 Å². The predicted octanol–water partition coefficient (Wildman–Crippen LogP) is 3.69. The van der Waals surface area contributed by atoms with Gasteiger partial charge in [0.25, 0.3) is 5.91 Å². The maximum absolute atomic E-state index is 11.9. The Balaban J connectivity index is 0.00000112. The lowest BCUT2D eigenvalue weighted by Crippen LogP contribution is -2.22. The minimum atomic E-state index is -0.0812. The molecular formula is C19H29N3O. The van der Waals surface area contributed by atoms with E-state index in [1.165, 1.54) is 10.5 Å². The Morgan fingerprint density at radius 1 is 1.22 bits per heavy atom. The summed E-state index contributed by atoms with van der Waals surface area (Å²) in [4.78, 5) is 13.4. The molecule has 0 aliphatic carbocycles. The molecule has 0 spiro atoms. The van der Waals surface area contributed by atoms with E-state index in [0.29, 0.717) is 11.1 Å². The minimum absolute atomic E-state index is 0.0812. The number of hydrogen-bond acceptors (Lipinski definition) is 3. The Kier molecular flexibility index (Phi) is 10.4. The average molecular weight is 315 g/mol. The number of rotatable bonds is 2. The second-order valence-electron chi connectivity index (χ2n) is 4.76. The lowest BCUT2D eigenvalue weighted by molar-refractivity contribution is 0.0827. The summed E-state index contributed by atoms with van der Waals surface area (Å²) in [5.41, 5.74) is 3.25. The summed E-state index contributed by atoms with van der Waals surface area (Å²) in [6, 6.07) is 7.55. The van der Waals surface area contributed by atoms with Gasteiger partial charge in [-0.1, -0.05) is 39.8 Å². The van der Waals surface area contributed by atoms with E-state index in [4.69, 9.17) is 0 Å². The summed E-state index contributed by atoms with van der Waals surface area (Å²) in [6.45, 7) is 9.76. The van der Waals surface area contributed by atoms with Crippen LogP contribution in [0.4, 0.5) is 0 Å². The molecule has 23 heavy (non-hydrogen) atoms. The molecule has 1 heterocycles. The second-order valence-corrected chi connectivity index (χ2v) is 4.76. The van der Waals surface area contributed by atoms with Crippen LogP contribution in [-0.2, 0) is 0 Å². The van der Waals surface area contributed by atoms with Gasteiger partial charge in [-0.3, -0.25) is 4.79 Å². The predicted molar refractivity (Wildman–Crippen MR) is 97.3 cm³/mol. The molecule has 0 saturated heterocycles. The summed E-state index contributed by atoms with van der Waals surface area (Å²) in [5.74, 6) is -0.0812. The maximum atomic E-state index is 11.9. The SMILES string of the molecule is CC.CC.CN(C)C(=O)c1ccc(C2=CCNCC2)c(C#N)c1. The maximum Gasteiger partial charge on any atom is 0.253 e. The minimum Gasteiger partial charge on any atom is -0.345 e. The van der Waals surface area contributed by atoms with Gasteiger partial charge in [0, 0.05) is 26.2 Å². The highest BCUT2D eigenvalue weighted by Crippen LogP contribution is 2.24. The molecule has 0 fully saturated rings. The van der Waals surface area contributed by atoms with Gasteiger partial charge < -0.3 is 10.2 Å². The molecular weight excluding hydrogens is 286 g/mol. The smallest absolute Gasteiger partial charge is 0.253 e. The van der Waals surface area contributed by atoms with Crippen molar-refractivity contribution >= 4 is 11.5 Å². The first-order valence-electron chi connectivity index (χ1n) is 8.29. The van der Waals surface area contributed by atoms with Crippen LogP contribution in [0, 0.1) is 11.3 Å². The fraction of sp³-hybridized carbons (Fsp3) is 0.474. The largest absolute Gasteiger partial charge is 0.345 e. The van der Waals surface area contributed by atoms with Crippen LogP contribution in [0.5, 0.6) is 0 Å². The summed E-state index contributed by atoms with van der Waals surface area (Å²) < 4.78 is 0. The fourth-order valence-corrected chi connectivity index (χ4v) is 2.18. The van der Waals surface area contributed by atoms with Crippen molar-refractivity contribution in [3.8, 4) is 6.07 Å². The summed E-state index contributed by atoms with van der Waals surface area (Å²) in [5, 5.41) is 12.5. The third-order valence-electron chi connectivity index (χ3n) is 3.20. The van der Waals surface area contributed by atoms with Gasteiger partial charge in [-0.15, -0.1) is 0 Å². The Morgan fingerprint density at radius 2 is 1.87 bits per heavy atom. The number of nitrogens with zero attached hydrogens (tertiary/aromatic N) is 2. The monoisotopic (exact) mass is 315 g/mol. The molecule has 1 amide bonds. The van der Waals surface area contributed by atoms with Crippen LogP contribution in [0.25, 0.3) is 5.57 Å². The molecule has 0 bridgehead atoms. The van der Waals surface area contributed by atoms with Gasteiger partial charge in [-0.05, 0) is 36.2 Å². The first-order valence-corrected chi connectivity index (χ1v) is 8.29. The Hall–Kier alpha value is -2.12. The zero-order valence-electron chi connectivity index (χ0n) is 15.2. The van der Waals surface area contributed by atoms with Gasteiger partial charge >= 0.3 is 0 Å². The lowest BCUT2D eigenvalue weighted by atomic mass is 9.94. The first kappa shape index (κ1) is 20.9. The van der Waals surface area contributed by atoms with Crippen LogP contribution in [-0.4, -0.2) is 38.0 Å². The van der Waals surface area contributed by atoms with Gasteiger partial charge in [-0.2, -0.15) is 5.26 Å². The van der Waals surface area contributed by atoms with E-state index in [2.05, 4.69) is 17.5 Å². The molecule has 0 radical (unpaired) electrons. The van der Waals surface area contributed by atoms with Gasteiger partial charge in [-0.25, -0.2) is 0 Å². The van der Waals surface area contributed by atoms with Crippen molar-refractivity contribution < 1.29 is 4.79 Å². The molecule has 1 N–H and O–H groups in total. The number of carbonyl (C=O) groups is 1. The van der Waals surface area contributed by atoms with E-state index in [1.54, 1.807) is 26.2 Å². The van der Waals surface area contributed by atoms with Crippen LogP contribution in [0.1, 0.15) is 55.6 Å². The lowest BCUT2D eigenvalue weighted by Gasteiger charge is -2.16. The van der Waals surface area contributed by atoms with Crippen LogP contribution in [0.2, 0.25) is 0 Å². The zero-order chi connectivity index (χ0) is 17.8. The molecule has 0 unspecified atom stereocenters. The first-order chi connectivity index (χ1) is 11.1.